The minimum Gasteiger partial charge on any atom is -0.341 e. The van der Waals surface area contributed by atoms with Gasteiger partial charge in [-0.2, -0.15) is 9.40 Å². The fourth-order valence-electron chi connectivity index (χ4n) is 3.17. The molecule has 0 aliphatic carbocycles. The molecular formula is C18H23ClN4O3S. The Morgan fingerprint density at radius 3 is 2.74 bits per heavy atom. The van der Waals surface area contributed by atoms with E-state index < -0.39 is 10.0 Å². The summed E-state index contributed by atoms with van der Waals surface area (Å²) in [6, 6.07) is 7.48. The van der Waals surface area contributed by atoms with E-state index in [0.29, 0.717) is 50.5 Å². The number of carbonyl (C=O) groups is 1. The SMILES string of the molecule is Cn1cc(S(=O)(=O)N2CCCN(C(=O)CCc3cccc(Cl)c3)CC2)cn1. The lowest BCUT2D eigenvalue weighted by molar-refractivity contribution is -0.131. The van der Waals surface area contributed by atoms with Gasteiger partial charge in [-0.05, 0) is 30.5 Å². The Labute approximate surface area is 164 Å². The number of amides is 1. The minimum absolute atomic E-state index is 0.0376. The Kier molecular flexibility index (Phi) is 6.18. The lowest BCUT2D eigenvalue weighted by Gasteiger charge is -2.21. The van der Waals surface area contributed by atoms with E-state index in [4.69, 9.17) is 11.6 Å². The second-order valence-electron chi connectivity index (χ2n) is 6.62. The van der Waals surface area contributed by atoms with Crippen molar-refractivity contribution in [2.75, 3.05) is 26.2 Å². The van der Waals surface area contributed by atoms with Gasteiger partial charge < -0.3 is 4.90 Å². The van der Waals surface area contributed by atoms with Crippen molar-refractivity contribution < 1.29 is 13.2 Å². The van der Waals surface area contributed by atoms with Gasteiger partial charge in [0.05, 0.1) is 6.20 Å². The van der Waals surface area contributed by atoms with Crippen molar-refractivity contribution in [2.24, 2.45) is 7.05 Å². The summed E-state index contributed by atoms with van der Waals surface area (Å²) in [6.07, 6.45) is 4.47. The molecule has 1 aromatic carbocycles. The second kappa shape index (κ2) is 8.41. The molecule has 1 aliphatic rings. The second-order valence-corrected chi connectivity index (χ2v) is 8.99. The molecule has 9 heteroatoms. The average molecular weight is 411 g/mol. The van der Waals surface area contributed by atoms with Crippen LogP contribution in [-0.2, 0) is 28.3 Å². The first-order valence-corrected chi connectivity index (χ1v) is 10.7. The van der Waals surface area contributed by atoms with Gasteiger partial charge >= 0.3 is 0 Å². The number of rotatable bonds is 5. The molecular weight excluding hydrogens is 388 g/mol. The fourth-order valence-corrected chi connectivity index (χ4v) is 4.84. The molecule has 1 aliphatic heterocycles. The highest BCUT2D eigenvalue weighted by molar-refractivity contribution is 7.89. The van der Waals surface area contributed by atoms with Gasteiger partial charge in [-0.15, -0.1) is 0 Å². The summed E-state index contributed by atoms with van der Waals surface area (Å²) in [7, 11) is -1.89. The van der Waals surface area contributed by atoms with E-state index in [2.05, 4.69) is 5.10 Å². The van der Waals surface area contributed by atoms with Crippen LogP contribution in [0.5, 0.6) is 0 Å². The van der Waals surface area contributed by atoms with Crippen LogP contribution >= 0.6 is 11.6 Å². The van der Waals surface area contributed by atoms with Gasteiger partial charge in [0.15, 0.2) is 0 Å². The summed E-state index contributed by atoms with van der Waals surface area (Å²) in [5, 5.41) is 4.60. The predicted octanol–water partition coefficient (Wildman–Crippen LogP) is 1.93. The van der Waals surface area contributed by atoms with Gasteiger partial charge in [-0.25, -0.2) is 8.42 Å². The molecule has 3 rings (SSSR count). The maximum absolute atomic E-state index is 12.7. The Bertz CT molecular complexity index is 913. The lowest BCUT2D eigenvalue weighted by Crippen LogP contribution is -2.37. The summed E-state index contributed by atoms with van der Waals surface area (Å²) in [4.78, 5) is 14.5. The highest BCUT2D eigenvalue weighted by Gasteiger charge is 2.29. The molecule has 0 N–H and O–H groups in total. The molecule has 27 heavy (non-hydrogen) atoms. The van der Waals surface area contributed by atoms with Gasteiger partial charge in [-0.1, -0.05) is 23.7 Å². The van der Waals surface area contributed by atoms with Crippen molar-refractivity contribution in [3.63, 3.8) is 0 Å². The Hall–Kier alpha value is -1.90. The zero-order chi connectivity index (χ0) is 19.4. The first-order chi connectivity index (χ1) is 12.9. The maximum atomic E-state index is 12.7. The number of aromatic nitrogens is 2. The third kappa shape index (κ3) is 4.88. The van der Waals surface area contributed by atoms with Gasteiger partial charge in [0.25, 0.3) is 0 Å². The monoisotopic (exact) mass is 410 g/mol. The highest BCUT2D eigenvalue weighted by atomic mass is 35.5. The van der Waals surface area contributed by atoms with Gasteiger partial charge in [0, 0.05) is 50.9 Å². The molecule has 2 heterocycles. The van der Waals surface area contributed by atoms with Crippen LogP contribution in [0.4, 0.5) is 0 Å². The Morgan fingerprint density at radius 2 is 2.04 bits per heavy atom. The molecule has 146 valence electrons. The van der Waals surface area contributed by atoms with Crippen LogP contribution < -0.4 is 0 Å². The summed E-state index contributed by atoms with van der Waals surface area (Å²) < 4.78 is 28.4. The van der Waals surface area contributed by atoms with Crippen LogP contribution in [0, 0.1) is 0 Å². The standard InChI is InChI=1S/C18H23ClN4O3S/c1-21-14-17(13-20-21)27(25,26)23-9-3-8-22(10-11-23)18(24)7-6-15-4-2-5-16(19)12-15/h2,4-5,12-14H,3,6-11H2,1H3. The molecule has 7 nitrogen and oxygen atoms in total. The first kappa shape index (κ1) is 19.9. The van der Waals surface area contributed by atoms with E-state index >= 15 is 0 Å². The van der Waals surface area contributed by atoms with Crippen LogP contribution in [0.2, 0.25) is 5.02 Å². The molecule has 1 fully saturated rings. The molecule has 0 bridgehead atoms. The number of halogens is 1. The molecule has 0 spiro atoms. The number of sulfonamides is 1. The van der Waals surface area contributed by atoms with E-state index in [0.717, 1.165) is 5.56 Å². The van der Waals surface area contributed by atoms with Gasteiger partial charge in [-0.3, -0.25) is 9.48 Å². The van der Waals surface area contributed by atoms with Crippen LogP contribution in [-0.4, -0.2) is 59.5 Å². The number of aryl methyl sites for hydroxylation is 2. The number of hydrogen-bond donors (Lipinski definition) is 0. The molecule has 0 saturated carbocycles. The average Bonchev–Trinajstić information content (AvgIpc) is 2.92. The molecule has 0 unspecified atom stereocenters. The normalized spacial score (nSPS) is 16.3. The third-order valence-electron chi connectivity index (χ3n) is 4.64. The van der Waals surface area contributed by atoms with Crippen molar-refractivity contribution in [3.05, 3.63) is 47.2 Å². The van der Waals surface area contributed by atoms with Crippen molar-refractivity contribution in [2.45, 2.75) is 24.2 Å². The van der Waals surface area contributed by atoms with Crippen molar-refractivity contribution >= 4 is 27.5 Å². The minimum atomic E-state index is -3.58. The number of carbonyl (C=O) groups excluding carboxylic acids is 1. The molecule has 1 aromatic heterocycles. The van der Waals surface area contributed by atoms with E-state index in [1.807, 2.05) is 18.2 Å². The van der Waals surface area contributed by atoms with Crippen LogP contribution in [0.1, 0.15) is 18.4 Å². The number of benzene rings is 1. The largest absolute Gasteiger partial charge is 0.341 e. The molecule has 0 radical (unpaired) electrons. The quantitative estimate of drug-likeness (QED) is 0.754. The summed E-state index contributed by atoms with van der Waals surface area (Å²) in [5.74, 6) is 0.0376. The smallest absolute Gasteiger partial charge is 0.246 e. The summed E-state index contributed by atoms with van der Waals surface area (Å²) in [5.41, 5.74) is 1.02. The Balaban J connectivity index is 1.58. The summed E-state index contributed by atoms with van der Waals surface area (Å²) in [6.45, 7) is 1.65. The fraction of sp³-hybridized carbons (Fsp3) is 0.444. The molecule has 1 amide bonds. The van der Waals surface area contributed by atoms with Crippen molar-refractivity contribution in [1.29, 1.82) is 0 Å². The van der Waals surface area contributed by atoms with E-state index in [1.54, 1.807) is 18.0 Å². The topological polar surface area (TPSA) is 75.5 Å². The van der Waals surface area contributed by atoms with Crippen LogP contribution in [0.3, 0.4) is 0 Å². The molecule has 1 saturated heterocycles. The number of nitrogens with zero attached hydrogens (tertiary/aromatic N) is 4. The van der Waals surface area contributed by atoms with Crippen molar-refractivity contribution in [1.82, 2.24) is 19.0 Å². The zero-order valence-electron chi connectivity index (χ0n) is 15.2. The van der Waals surface area contributed by atoms with Gasteiger partial charge in [0.1, 0.15) is 4.90 Å². The number of hydrogen-bond acceptors (Lipinski definition) is 4. The van der Waals surface area contributed by atoms with E-state index in [-0.39, 0.29) is 10.8 Å². The summed E-state index contributed by atoms with van der Waals surface area (Å²) >= 11 is 5.98. The van der Waals surface area contributed by atoms with Crippen molar-refractivity contribution in [3.8, 4) is 0 Å². The molecule has 2 aromatic rings. The zero-order valence-corrected chi connectivity index (χ0v) is 16.8. The van der Waals surface area contributed by atoms with Crippen LogP contribution in [0.25, 0.3) is 0 Å². The molecule has 0 atom stereocenters. The highest BCUT2D eigenvalue weighted by Crippen LogP contribution is 2.18. The van der Waals surface area contributed by atoms with E-state index in [1.165, 1.54) is 21.4 Å². The third-order valence-corrected chi connectivity index (χ3v) is 6.73. The Morgan fingerprint density at radius 1 is 1.22 bits per heavy atom. The predicted molar refractivity (Wildman–Crippen MR) is 103 cm³/mol. The first-order valence-electron chi connectivity index (χ1n) is 8.87. The van der Waals surface area contributed by atoms with Crippen LogP contribution in [0.15, 0.2) is 41.6 Å². The van der Waals surface area contributed by atoms with E-state index in [9.17, 15) is 13.2 Å². The van der Waals surface area contributed by atoms with Gasteiger partial charge in [0.2, 0.25) is 15.9 Å². The lowest BCUT2D eigenvalue weighted by atomic mass is 10.1. The maximum Gasteiger partial charge on any atom is 0.246 e.